The van der Waals surface area contributed by atoms with E-state index in [1.165, 1.54) is 45.2 Å². The van der Waals surface area contributed by atoms with Gasteiger partial charge in [-0.15, -0.1) is 0 Å². The summed E-state index contributed by atoms with van der Waals surface area (Å²) in [4.78, 5) is 2.51. The Kier molecular flexibility index (Phi) is 3.60. The topological polar surface area (TPSA) is 15.3 Å². The molecule has 14 heavy (non-hydrogen) atoms. The van der Waals surface area contributed by atoms with Crippen LogP contribution in [0.2, 0.25) is 0 Å². The van der Waals surface area contributed by atoms with Crippen LogP contribution < -0.4 is 5.32 Å². The summed E-state index contributed by atoms with van der Waals surface area (Å²) < 4.78 is 0. The Hall–Kier alpha value is -0.340. The van der Waals surface area contributed by atoms with Crippen LogP contribution in [0.25, 0.3) is 0 Å². The maximum Gasteiger partial charge on any atom is 0.0217 e. The number of likely N-dealkylation sites (tertiary alicyclic amines) is 1. The molecular weight excluding hydrogens is 172 g/mol. The summed E-state index contributed by atoms with van der Waals surface area (Å²) in [7, 11) is 2.26. The zero-order valence-corrected chi connectivity index (χ0v) is 9.21. The minimum atomic E-state index is 0.727. The van der Waals surface area contributed by atoms with E-state index in [1.54, 1.807) is 0 Å². The highest BCUT2D eigenvalue weighted by molar-refractivity contribution is 4.98. The maximum absolute atomic E-state index is 3.68. The SMILES string of the molecule is CN1CCCCC1CNC1CC=CC1. The first-order valence-electron chi connectivity index (χ1n) is 5.95. The van der Waals surface area contributed by atoms with E-state index in [1.807, 2.05) is 0 Å². The Morgan fingerprint density at radius 3 is 2.79 bits per heavy atom. The van der Waals surface area contributed by atoms with Crippen molar-refractivity contribution in [1.29, 1.82) is 0 Å². The van der Waals surface area contributed by atoms with E-state index >= 15 is 0 Å². The van der Waals surface area contributed by atoms with Crippen molar-refractivity contribution in [1.82, 2.24) is 10.2 Å². The lowest BCUT2D eigenvalue weighted by atomic mass is 10.0. The summed E-state index contributed by atoms with van der Waals surface area (Å²) in [5.41, 5.74) is 0. The molecule has 0 radical (unpaired) electrons. The smallest absolute Gasteiger partial charge is 0.0217 e. The zero-order valence-electron chi connectivity index (χ0n) is 9.21. The number of hydrogen-bond donors (Lipinski definition) is 1. The normalized spacial score (nSPS) is 29.9. The van der Waals surface area contributed by atoms with Crippen LogP contribution in [0.15, 0.2) is 12.2 Å². The molecular formula is C12H22N2. The molecule has 2 nitrogen and oxygen atoms in total. The highest BCUT2D eigenvalue weighted by Gasteiger charge is 2.19. The van der Waals surface area contributed by atoms with Crippen molar-refractivity contribution in [2.75, 3.05) is 20.1 Å². The Bertz CT molecular complexity index is 192. The summed E-state index contributed by atoms with van der Waals surface area (Å²) in [5.74, 6) is 0. The Balaban J connectivity index is 1.68. The lowest BCUT2D eigenvalue weighted by molar-refractivity contribution is 0.178. The second kappa shape index (κ2) is 4.94. The van der Waals surface area contributed by atoms with Crippen molar-refractivity contribution in [2.45, 2.75) is 44.2 Å². The number of rotatable bonds is 3. The van der Waals surface area contributed by atoms with Crippen molar-refractivity contribution >= 4 is 0 Å². The average Bonchev–Trinajstić information content (AvgIpc) is 2.69. The van der Waals surface area contributed by atoms with Crippen LogP contribution in [0.5, 0.6) is 0 Å². The molecule has 2 rings (SSSR count). The molecule has 1 fully saturated rings. The van der Waals surface area contributed by atoms with Gasteiger partial charge in [0.25, 0.3) is 0 Å². The van der Waals surface area contributed by atoms with E-state index in [2.05, 4.69) is 29.4 Å². The van der Waals surface area contributed by atoms with Gasteiger partial charge in [-0.2, -0.15) is 0 Å². The van der Waals surface area contributed by atoms with E-state index in [9.17, 15) is 0 Å². The van der Waals surface area contributed by atoms with E-state index in [0.29, 0.717) is 0 Å². The molecule has 0 saturated carbocycles. The van der Waals surface area contributed by atoms with E-state index in [4.69, 9.17) is 0 Å². The molecule has 0 aromatic rings. The molecule has 1 unspecified atom stereocenters. The molecule has 1 N–H and O–H groups in total. The Morgan fingerprint density at radius 1 is 1.29 bits per heavy atom. The first-order chi connectivity index (χ1) is 6.86. The Labute approximate surface area is 87.4 Å². The maximum atomic E-state index is 3.68. The quantitative estimate of drug-likeness (QED) is 0.689. The fourth-order valence-corrected chi connectivity index (χ4v) is 2.49. The first kappa shape index (κ1) is 10.2. The fourth-order valence-electron chi connectivity index (χ4n) is 2.49. The lowest BCUT2D eigenvalue weighted by Crippen LogP contribution is -2.45. The van der Waals surface area contributed by atoms with Crippen molar-refractivity contribution in [3.8, 4) is 0 Å². The summed E-state index contributed by atoms with van der Waals surface area (Å²) in [6.45, 7) is 2.47. The van der Waals surface area contributed by atoms with E-state index in [0.717, 1.165) is 12.1 Å². The van der Waals surface area contributed by atoms with Crippen LogP contribution in [-0.2, 0) is 0 Å². The van der Waals surface area contributed by atoms with Gasteiger partial charge in [0.1, 0.15) is 0 Å². The van der Waals surface area contributed by atoms with Gasteiger partial charge < -0.3 is 10.2 Å². The number of likely N-dealkylation sites (N-methyl/N-ethyl adjacent to an activating group) is 1. The van der Waals surface area contributed by atoms with Gasteiger partial charge in [-0.25, -0.2) is 0 Å². The first-order valence-corrected chi connectivity index (χ1v) is 5.95. The largest absolute Gasteiger partial charge is 0.312 e. The van der Waals surface area contributed by atoms with Crippen molar-refractivity contribution in [2.24, 2.45) is 0 Å². The molecule has 0 aromatic heterocycles. The zero-order chi connectivity index (χ0) is 9.80. The average molecular weight is 194 g/mol. The van der Waals surface area contributed by atoms with Gasteiger partial charge >= 0.3 is 0 Å². The molecule has 0 aromatic carbocycles. The van der Waals surface area contributed by atoms with Gasteiger partial charge in [-0.05, 0) is 39.3 Å². The molecule has 1 saturated heterocycles. The molecule has 1 aliphatic heterocycles. The summed E-state index contributed by atoms with van der Waals surface area (Å²) in [5, 5.41) is 3.68. The molecule has 0 spiro atoms. The van der Waals surface area contributed by atoms with E-state index in [-0.39, 0.29) is 0 Å². The fraction of sp³-hybridized carbons (Fsp3) is 0.833. The number of nitrogens with one attached hydrogen (secondary N) is 1. The lowest BCUT2D eigenvalue weighted by Gasteiger charge is -2.33. The summed E-state index contributed by atoms with van der Waals surface area (Å²) >= 11 is 0. The van der Waals surface area contributed by atoms with Crippen LogP contribution in [-0.4, -0.2) is 37.1 Å². The van der Waals surface area contributed by atoms with Gasteiger partial charge in [0.2, 0.25) is 0 Å². The van der Waals surface area contributed by atoms with Gasteiger partial charge in [0.05, 0.1) is 0 Å². The van der Waals surface area contributed by atoms with Crippen LogP contribution in [0.1, 0.15) is 32.1 Å². The molecule has 1 aliphatic carbocycles. The molecule has 1 atom stereocenters. The highest BCUT2D eigenvalue weighted by atomic mass is 15.2. The van der Waals surface area contributed by atoms with Crippen LogP contribution in [0.3, 0.4) is 0 Å². The van der Waals surface area contributed by atoms with E-state index < -0.39 is 0 Å². The predicted octanol–water partition coefficient (Wildman–Crippen LogP) is 1.78. The predicted molar refractivity (Wildman–Crippen MR) is 60.4 cm³/mol. The van der Waals surface area contributed by atoms with Gasteiger partial charge in [0, 0.05) is 18.6 Å². The molecule has 0 bridgehead atoms. The highest BCUT2D eigenvalue weighted by Crippen LogP contribution is 2.15. The Morgan fingerprint density at radius 2 is 2.07 bits per heavy atom. The van der Waals surface area contributed by atoms with Crippen LogP contribution in [0, 0.1) is 0 Å². The second-order valence-corrected chi connectivity index (χ2v) is 4.68. The standard InChI is InChI=1S/C12H22N2/c1-14-9-5-4-8-12(14)10-13-11-6-2-3-7-11/h2-3,11-13H,4-10H2,1H3. The number of nitrogens with zero attached hydrogens (tertiary/aromatic N) is 1. The van der Waals surface area contributed by atoms with Crippen molar-refractivity contribution in [3.05, 3.63) is 12.2 Å². The molecule has 1 heterocycles. The van der Waals surface area contributed by atoms with Gasteiger partial charge in [0.15, 0.2) is 0 Å². The second-order valence-electron chi connectivity index (χ2n) is 4.68. The van der Waals surface area contributed by atoms with Crippen LogP contribution >= 0.6 is 0 Å². The van der Waals surface area contributed by atoms with Gasteiger partial charge in [-0.3, -0.25) is 0 Å². The van der Waals surface area contributed by atoms with Gasteiger partial charge in [-0.1, -0.05) is 18.6 Å². The summed E-state index contributed by atoms with van der Waals surface area (Å²) in [6.07, 6.45) is 11.2. The monoisotopic (exact) mass is 194 g/mol. The molecule has 2 heteroatoms. The van der Waals surface area contributed by atoms with Crippen molar-refractivity contribution in [3.63, 3.8) is 0 Å². The minimum Gasteiger partial charge on any atom is -0.312 e. The molecule has 80 valence electrons. The number of hydrogen-bond acceptors (Lipinski definition) is 2. The third kappa shape index (κ3) is 2.58. The summed E-state index contributed by atoms with van der Waals surface area (Å²) in [6, 6.07) is 1.51. The van der Waals surface area contributed by atoms with Crippen LogP contribution in [0.4, 0.5) is 0 Å². The minimum absolute atomic E-state index is 0.727. The third-order valence-corrected chi connectivity index (χ3v) is 3.57. The molecule has 2 aliphatic rings. The third-order valence-electron chi connectivity index (χ3n) is 3.57. The number of piperidine rings is 1. The molecule has 0 amide bonds. The van der Waals surface area contributed by atoms with Crippen molar-refractivity contribution < 1.29 is 0 Å².